The maximum atomic E-state index is 5.68. The van der Waals surface area contributed by atoms with E-state index in [0.717, 1.165) is 13.0 Å². The molecule has 0 heterocycles. The highest BCUT2D eigenvalue weighted by atomic mass is 14.9. The van der Waals surface area contributed by atoms with Gasteiger partial charge in [-0.15, -0.1) is 0 Å². The second-order valence-corrected chi connectivity index (χ2v) is 4.01. The number of anilines is 1. The third-order valence-corrected chi connectivity index (χ3v) is 2.31. The van der Waals surface area contributed by atoms with Gasteiger partial charge in [0.05, 0.1) is 0 Å². The fourth-order valence-electron chi connectivity index (χ4n) is 1.36. The molecule has 0 aromatic heterocycles. The molecule has 3 N–H and O–H groups in total. The van der Waals surface area contributed by atoms with Crippen LogP contribution in [-0.2, 0) is 0 Å². The molecule has 0 radical (unpaired) electrons. The van der Waals surface area contributed by atoms with Crippen molar-refractivity contribution in [1.29, 1.82) is 0 Å². The maximum absolute atomic E-state index is 5.68. The minimum Gasteiger partial charge on any atom is -0.385 e. The molecule has 0 aliphatic heterocycles. The summed E-state index contributed by atoms with van der Waals surface area (Å²) in [4.78, 5) is 0. The number of hydrogen-bond donors (Lipinski definition) is 2. The third kappa shape index (κ3) is 3.38. The average Bonchev–Trinajstić information content (AvgIpc) is 2.10. The van der Waals surface area contributed by atoms with Crippen LogP contribution >= 0.6 is 0 Å². The Morgan fingerprint density at radius 1 is 1.36 bits per heavy atom. The first-order valence-electron chi connectivity index (χ1n) is 5.16. The van der Waals surface area contributed by atoms with E-state index in [9.17, 15) is 0 Å². The van der Waals surface area contributed by atoms with E-state index in [2.05, 4.69) is 37.4 Å². The fraction of sp³-hybridized carbons (Fsp3) is 0.500. The summed E-state index contributed by atoms with van der Waals surface area (Å²) in [6, 6.07) is 6.72. The molecule has 0 aliphatic rings. The Bertz CT molecular complexity index is 292. The van der Waals surface area contributed by atoms with Gasteiger partial charge in [0, 0.05) is 18.3 Å². The van der Waals surface area contributed by atoms with Gasteiger partial charge in [-0.2, -0.15) is 0 Å². The lowest BCUT2D eigenvalue weighted by Gasteiger charge is -2.11. The number of aryl methyl sites for hydroxylation is 2. The van der Waals surface area contributed by atoms with E-state index in [1.54, 1.807) is 0 Å². The summed E-state index contributed by atoms with van der Waals surface area (Å²) in [6.07, 6.45) is 1.01. The summed E-state index contributed by atoms with van der Waals surface area (Å²) < 4.78 is 0. The smallest absolute Gasteiger partial charge is 0.0372 e. The normalized spacial score (nSPS) is 12.6. The fourth-order valence-corrected chi connectivity index (χ4v) is 1.36. The summed E-state index contributed by atoms with van der Waals surface area (Å²) in [5, 5.41) is 3.41. The highest BCUT2D eigenvalue weighted by Crippen LogP contribution is 2.16. The van der Waals surface area contributed by atoms with Gasteiger partial charge in [-0.25, -0.2) is 0 Å². The third-order valence-electron chi connectivity index (χ3n) is 2.31. The zero-order valence-electron chi connectivity index (χ0n) is 9.30. The molecule has 1 rings (SSSR count). The van der Waals surface area contributed by atoms with Crippen LogP contribution in [0.5, 0.6) is 0 Å². The summed E-state index contributed by atoms with van der Waals surface area (Å²) >= 11 is 0. The van der Waals surface area contributed by atoms with Gasteiger partial charge < -0.3 is 11.1 Å². The molecule has 0 amide bonds. The molecule has 0 aliphatic carbocycles. The van der Waals surface area contributed by atoms with E-state index in [1.807, 2.05) is 6.92 Å². The lowest BCUT2D eigenvalue weighted by atomic mass is 10.1. The molecule has 2 heteroatoms. The molecule has 0 spiro atoms. The first-order valence-corrected chi connectivity index (χ1v) is 5.16. The van der Waals surface area contributed by atoms with Crippen LogP contribution in [0, 0.1) is 13.8 Å². The quantitative estimate of drug-likeness (QED) is 0.769. The van der Waals surface area contributed by atoms with Gasteiger partial charge >= 0.3 is 0 Å². The Labute approximate surface area is 86.5 Å². The summed E-state index contributed by atoms with van der Waals surface area (Å²) in [5.41, 5.74) is 9.49. The van der Waals surface area contributed by atoms with Crippen LogP contribution in [-0.4, -0.2) is 12.6 Å². The minimum atomic E-state index is 0.271. The first kappa shape index (κ1) is 11.1. The second kappa shape index (κ2) is 5.01. The van der Waals surface area contributed by atoms with Crippen LogP contribution in [0.1, 0.15) is 24.5 Å². The lowest BCUT2D eigenvalue weighted by Crippen LogP contribution is -2.19. The number of hydrogen-bond acceptors (Lipinski definition) is 2. The highest BCUT2D eigenvalue weighted by Gasteiger charge is 1.98. The van der Waals surface area contributed by atoms with Crippen LogP contribution in [0.2, 0.25) is 0 Å². The molecule has 0 fully saturated rings. The molecule has 14 heavy (non-hydrogen) atoms. The molecule has 0 bridgehead atoms. The Kier molecular flexibility index (Phi) is 3.96. The standard InChI is InChI=1S/C12H20N2/c1-9-4-5-10(2)12(8-9)14-7-6-11(3)13/h4-5,8,11,14H,6-7,13H2,1-3H3. The minimum absolute atomic E-state index is 0.271. The van der Waals surface area contributed by atoms with Gasteiger partial charge in [-0.05, 0) is 44.4 Å². The second-order valence-electron chi connectivity index (χ2n) is 4.01. The molecule has 1 unspecified atom stereocenters. The van der Waals surface area contributed by atoms with Crippen molar-refractivity contribution in [3.8, 4) is 0 Å². The Hall–Kier alpha value is -1.02. The van der Waals surface area contributed by atoms with E-state index >= 15 is 0 Å². The topological polar surface area (TPSA) is 38.0 Å². The maximum Gasteiger partial charge on any atom is 0.0372 e. The van der Waals surface area contributed by atoms with Crippen LogP contribution < -0.4 is 11.1 Å². The van der Waals surface area contributed by atoms with Crippen molar-refractivity contribution in [2.24, 2.45) is 5.73 Å². The number of rotatable bonds is 4. The molecule has 1 aromatic rings. The zero-order valence-corrected chi connectivity index (χ0v) is 9.30. The van der Waals surface area contributed by atoms with Crippen molar-refractivity contribution in [2.75, 3.05) is 11.9 Å². The van der Waals surface area contributed by atoms with Crippen molar-refractivity contribution in [1.82, 2.24) is 0 Å². The van der Waals surface area contributed by atoms with E-state index in [4.69, 9.17) is 5.73 Å². The highest BCUT2D eigenvalue weighted by molar-refractivity contribution is 5.52. The van der Waals surface area contributed by atoms with E-state index in [0.29, 0.717) is 0 Å². The van der Waals surface area contributed by atoms with Crippen molar-refractivity contribution in [3.63, 3.8) is 0 Å². The molecule has 2 nitrogen and oxygen atoms in total. The summed E-state index contributed by atoms with van der Waals surface area (Å²) in [5.74, 6) is 0. The van der Waals surface area contributed by atoms with Crippen LogP contribution in [0.4, 0.5) is 5.69 Å². The van der Waals surface area contributed by atoms with Crippen molar-refractivity contribution < 1.29 is 0 Å². The molecule has 0 saturated heterocycles. The Morgan fingerprint density at radius 3 is 2.71 bits per heavy atom. The Balaban J connectivity index is 2.53. The number of benzene rings is 1. The van der Waals surface area contributed by atoms with Crippen LogP contribution in [0.25, 0.3) is 0 Å². The first-order chi connectivity index (χ1) is 6.59. The van der Waals surface area contributed by atoms with Crippen molar-refractivity contribution in [3.05, 3.63) is 29.3 Å². The zero-order chi connectivity index (χ0) is 10.6. The molecule has 1 atom stereocenters. The number of nitrogens with one attached hydrogen (secondary N) is 1. The monoisotopic (exact) mass is 192 g/mol. The van der Waals surface area contributed by atoms with E-state index in [1.165, 1.54) is 16.8 Å². The SMILES string of the molecule is Cc1ccc(C)c(NCCC(C)N)c1. The van der Waals surface area contributed by atoms with Gasteiger partial charge in [0.15, 0.2) is 0 Å². The molecule has 78 valence electrons. The van der Waals surface area contributed by atoms with Gasteiger partial charge in [-0.3, -0.25) is 0 Å². The van der Waals surface area contributed by atoms with Gasteiger partial charge in [0.25, 0.3) is 0 Å². The molecule has 1 aromatic carbocycles. The van der Waals surface area contributed by atoms with Gasteiger partial charge in [0.2, 0.25) is 0 Å². The van der Waals surface area contributed by atoms with Gasteiger partial charge in [0.1, 0.15) is 0 Å². The average molecular weight is 192 g/mol. The van der Waals surface area contributed by atoms with Crippen molar-refractivity contribution in [2.45, 2.75) is 33.2 Å². The van der Waals surface area contributed by atoms with E-state index < -0.39 is 0 Å². The Morgan fingerprint density at radius 2 is 2.07 bits per heavy atom. The molecular weight excluding hydrogens is 172 g/mol. The largest absolute Gasteiger partial charge is 0.385 e. The van der Waals surface area contributed by atoms with Crippen molar-refractivity contribution >= 4 is 5.69 Å². The van der Waals surface area contributed by atoms with Gasteiger partial charge in [-0.1, -0.05) is 12.1 Å². The van der Waals surface area contributed by atoms with E-state index in [-0.39, 0.29) is 6.04 Å². The predicted molar refractivity (Wildman–Crippen MR) is 62.7 cm³/mol. The molecule has 0 saturated carbocycles. The van der Waals surface area contributed by atoms with Crippen LogP contribution in [0.15, 0.2) is 18.2 Å². The predicted octanol–water partition coefficient (Wildman–Crippen LogP) is 2.45. The van der Waals surface area contributed by atoms with Crippen LogP contribution in [0.3, 0.4) is 0 Å². The summed E-state index contributed by atoms with van der Waals surface area (Å²) in [6.45, 7) is 7.20. The number of nitrogens with two attached hydrogens (primary N) is 1. The lowest BCUT2D eigenvalue weighted by molar-refractivity contribution is 0.690. The summed E-state index contributed by atoms with van der Waals surface area (Å²) in [7, 11) is 0. The molecular formula is C12H20N2.